The molecule has 0 unspecified atom stereocenters. The van der Waals surface area contributed by atoms with Gasteiger partial charge in [0.2, 0.25) is 0 Å². The molecule has 2 heterocycles. The van der Waals surface area contributed by atoms with Gasteiger partial charge >= 0.3 is 0 Å². The lowest BCUT2D eigenvalue weighted by Crippen LogP contribution is -2.58. The van der Waals surface area contributed by atoms with Crippen LogP contribution in [0.1, 0.15) is 12.8 Å². The van der Waals surface area contributed by atoms with E-state index in [0.29, 0.717) is 5.41 Å². The van der Waals surface area contributed by atoms with Crippen molar-refractivity contribution in [3.63, 3.8) is 0 Å². The van der Waals surface area contributed by atoms with Crippen molar-refractivity contribution in [1.82, 2.24) is 9.71 Å². The summed E-state index contributed by atoms with van der Waals surface area (Å²) in [6, 6.07) is 0. The molecule has 0 N–H and O–H groups in total. The lowest BCUT2D eigenvalue weighted by atomic mass is 9.72. The topological polar surface area (TPSA) is 6.48 Å². The first-order chi connectivity index (χ1) is 5.20. The van der Waals surface area contributed by atoms with Crippen molar-refractivity contribution in [3.05, 3.63) is 0 Å². The SMILES string of the molecule is [B]N1CCC2(CC1)CN(C)C2. The minimum Gasteiger partial charge on any atom is -0.353 e. The minimum absolute atomic E-state index is 0.657. The Morgan fingerprint density at radius 1 is 1.18 bits per heavy atom. The van der Waals surface area contributed by atoms with Crippen LogP contribution in [0.3, 0.4) is 0 Å². The van der Waals surface area contributed by atoms with E-state index >= 15 is 0 Å². The number of likely N-dealkylation sites (tertiary alicyclic amines) is 1. The largest absolute Gasteiger partial charge is 0.353 e. The normalized spacial score (nSPS) is 32.1. The first-order valence-corrected chi connectivity index (χ1v) is 4.38. The number of piperidine rings is 1. The molecule has 2 aliphatic rings. The van der Waals surface area contributed by atoms with Gasteiger partial charge in [0.15, 0.2) is 7.98 Å². The van der Waals surface area contributed by atoms with E-state index in [1.165, 1.54) is 25.9 Å². The third-order valence-corrected chi connectivity index (χ3v) is 3.07. The van der Waals surface area contributed by atoms with Gasteiger partial charge in [-0.15, -0.1) is 0 Å². The van der Waals surface area contributed by atoms with Gasteiger partial charge < -0.3 is 9.71 Å². The first kappa shape index (κ1) is 7.62. The highest BCUT2D eigenvalue weighted by Gasteiger charge is 2.42. The molecule has 2 rings (SSSR count). The second-order valence-electron chi connectivity index (χ2n) is 4.21. The van der Waals surface area contributed by atoms with E-state index < -0.39 is 0 Å². The summed E-state index contributed by atoms with van der Waals surface area (Å²) >= 11 is 0. The zero-order chi connectivity index (χ0) is 7.90. The second kappa shape index (κ2) is 2.49. The minimum atomic E-state index is 0.657. The fraction of sp³-hybridized carbons (Fsp3) is 1.00. The second-order valence-corrected chi connectivity index (χ2v) is 4.21. The van der Waals surface area contributed by atoms with Gasteiger partial charge in [-0.25, -0.2) is 0 Å². The van der Waals surface area contributed by atoms with Crippen molar-refractivity contribution in [2.24, 2.45) is 5.41 Å². The van der Waals surface area contributed by atoms with Crippen LogP contribution in [0.2, 0.25) is 0 Å². The summed E-state index contributed by atoms with van der Waals surface area (Å²) in [4.78, 5) is 4.34. The summed E-state index contributed by atoms with van der Waals surface area (Å²) in [5.74, 6) is 0. The number of nitrogens with zero attached hydrogens (tertiary/aromatic N) is 2. The number of hydrogen-bond donors (Lipinski definition) is 0. The predicted octanol–water partition coefficient (Wildman–Crippen LogP) is 0.0975. The van der Waals surface area contributed by atoms with Gasteiger partial charge in [-0.05, 0) is 38.4 Å². The summed E-state index contributed by atoms with van der Waals surface area (Å²) in [6.07, 6.45) is 2.60. The molecule has 2 fully saturated rings. The maximum absolute atomic E-state index is 5.69. The molecule has 0 amide bonds. The van der Waals surface area contributed by atoms with Crippen molar-refractivity contribution in [1.29, 1.82) is 0 Å². The van der Waals surface area contributed by atoms with Crippen LogP contribution in [0.5, 0.6) is 0 Å². The highest BCUT2D eigenvalue weighted by Crippen LogP contribution is 2.38. The van der Waals surface area contributed by atoms with Crippen molar-refractivity contribution < 1.29 is 0 Å². The Hall–Kier alpha value is -0.0151. The van der Waals surface area contributed by atoms with Crippen LogP contribution in [0.4, 0.5) is 0 Å². The lowest BCUT2D eigenvalue weighted by Gasteiger charge is -2.52. The van der Waals surface area contributed by atoms with Crippen LogP contribution in [-0.4, -0.2) is 50.9 Å². The van der Waals surface area contributed by atoms with Gasteiger partial charge in [0.05, 0.1) is 0 Å². The van der Waals surface area contributed by atoms with E-state index in [1.54, 1.807) is 0 Å². The molecule has 0 aromatic rings. The molecule has 11 heavy (non-hydrogen) atoms. The molecule has 1 spiro atoms. The van der Waals surface area contributed by atoms with Crippen LogP contribution in [0.15, 0.2) is 0 Å². The molecule has 2 saturated heterocycles. The predicted molar refractivity (Wildman–Crippen MR) is 46.5 cm³/mol. The molecule has 3 heteroatoms. The molecule has 60 valence electrons. The van der Waals surface area contributed by atoms with E-state index in [4.69, 9.17) is 7.98 Å². The molecule has 2 radical (unpaired) electrons. The Morgan fingerprint density at radius 2 is 1.73 bits per heavy atom. The highest BCUT2D eigenvalue weighted by molar-refractivity contribution is 6.04. The Balaban J connectivity index is 1.88. The third-order valence-electron chi connectivity index (χ3n) is 3.07. The highest BCUT2D eigenvalue weighted by atomic mass is 15.2. The quantitative estimate of drug-likeness (QED) is 0.452. The van der Waals surface area contributed by atoms with Crippen LogP contribution < -0.4 is 0 Å². The van der Waals surface area contributed by atoms with Gasteiger partial charge in [-0.2, -0.15) is 0 Å². The summed E-state index contributed by atoms with van der Waals surface area (Å²) in [5, 5.41) is 0. The molecular formula is C8H15BN2. The van der Waals surface area contributed by atoms with Gasteiger partial charge in [-0.3, -0.25) is 0 Å². The fourth-order valence-corrected chi connectivity index (χ4v) is 2.41. The van der Waals surface area contributed by atoms with Gasteiger partial charge in [0.25, 0.3) is 0 Å². The summed E-state index contributed by atoms with van der Waals surface area (Å²) in [7, 11) is 7.88. The zero-order valence-corrected chi connectivity index (χ0v) is 7.21. The van der Waals surface area contributed by atoms with Gasteiger partial charge in [0, 0.05) is 13.1 Å². The summed E-state index contributed by atoms with van der Waals surface area (Å²) in [6.45, 7) is 4.77. The van der Waals surface area contributed by atoms with Crippen molar-refractivity contribution in [2.45, 2.75) is 12.8 Å². The molecule has 2 aliphatic heterocycles. The molecule has 0 saturated carbocycles. The van der Waals surface area contributed by atoms with Gasteiger partial charge in [0.1, 0.15) is 0 Å². The number of hydrogen-bond acceptors (Lipinski definition) is 2. The van der Waals surface area contributed by atoms with Crippen molar-refractivity contribution in [2.75, 3.05) is 33.2 Å². The monoisotopic (exact) mass is 150 g/mol. The molecule has 0 aromatic heterocycles. The Kier molecular flexibility index (Phi) is 1.73. The van der Waals surface area contributed by atoms with Gasteiger partial charge in [-0.1, -0.05) is 0 Å². The average molecular weight is 150 g/mol. The van der Waals surface area contributed by atoms with Crippen LogP contribution in [0, 0.1) is 5.41 Å². The van der Waals surface area contributed by atoms with E-state index in [2.05, 4.69) is 11.9 Å². The fourth-order valence-electron chi connectivity index (χ4n) is 2.41. The molecule has 0 bridgehead atoms. The van der Waals surface area contributed by atoms with Crippen molar-refractivity contribution in [3.8, 4) is 0 Å². The molecule has 0 atom stereocenters. The summed E-state index contributed by atoms with van der Waals surface area (Å²) < 4.78 is 0. The molecule has 0 aliphatic carbocycles. The van der Waals surface area contributed by atoms with Crippen molar-refractivity contribution >= 4 is 7.98 Å². The average Bonchev–Trinajstić information content (AvgIpc) is 1.92. The first-order valence-electron chi connectivity index (χ1n) is 4.38. The standard InChI is InChI=1S/C8H15BN2/c1-10-6-8(7-10)2-4-11(9)5-3-8/h2-7H2,1H3. The number of rotatable bonds is 0. The van der Waals surface area contributed by atoms with E-state index in [1.807, 2.05) is 4.81 Å². The summed E-state index contributed by atoms with van der Waals surface area (Å²) in [5.41, 5.74) is 0.657. The van der Waals surface area contributed by atoms with Crippen LogP contribution in [-0.2, 0) is 0 Å². The zero-order valence-electron chi connectivity index (χ0n) is 7.21. The maximum atomic E-state index is 5.69. The third kappa shape index (κ3) is 1.32. The maximum Gasteiger partial charge on any atom is 0.182 e. The Labute approximate surface area is 70.0 Å². The van der Waals surface area contributed by atoms with E-state index in [-0.39, 0.29) is 0 Å². The van der Waals surface area contributed by atoms with Crippen LogP contribution >= 0.6 is 0 Å². The van der Waals surface area contributed by atoms with Crippen LogP contribution in [0.25, 0.3) is 0 Å². The molecule has 0 aromatic carbocycles. The smallest absolute Gasteiger partial charge is 0.182 e. The van der Waals surface area contributed by atoms with E-state index in [0.717, 1.165) is 13.1 Å². The molecular weight excluding hydrogens is 135 g/mol. The lowest BCUT2D eigenvalue weighted by molar-refractivity contribution is -0.0170. The molecule has 2 nitrogen and oxygen atoms in total. The Bertz CT molecular complexity index is 144. The Morgan fingerprint density at radius 3 is 2.18 bits per heavy atom. The van der Waals surface area contributed by atoms with E-state index in [9.17, 15) is 0 Å².